The number of nitrogens with zero attached hydrogens (tertiary/aromatic N) is 1. The van der Waals surface area contributed by atoms with Gasteiger partial charge in [-0.05, 0) is 18.2 Å². The van der Waals surface area contributed by atoms with Crippen LogP contribution in [0.1, 0.15) is 10.4 Å². The summed E-state index contributed by atoms with van der Waals surface area (Å²) in [6.45, 7) is 0.813. The van der Waals surface area contributed by atoms with E-state index in [1.54, 1.807) is 12.1 Å². The lowest BCUT2D eigenvalue weighted by Gasteiger charge is -2.20. The number of carbonyl (C=O) groups is 1. The third-order valence-corrected chi connectivity index (χ3v) is 6.44. The SMILES string of the molecule is CN(C)S(=O)(=O)c1cc(C(=O)Nc2cc3c(cc2Cl)OCCO3)ccc1Cl. The molecular weight excluding hydrogens is 415 g/mol. The lowest BCUT2D eigenvalue weighted by molar-refractivity contribution is 0.102. The second kappa shape index (κ2) is 7.55. The standard InChI is InChI=1S/C17H16Cl2N2O5S/c1-21(2)27(23,24)16-7-10(3-4-11(16)18)17(22)20-13-9-15-14(8-12(13)19)25-5-6-26-15/h3-4,7-9H,5-6H2,1-2H3,(H,20,22). The Bertz CT molecular complexity index is 1010. The summed E-state index contributed by atoms with van der Waals surface area (Å²) in [4.78, 5) is 12.4. The van der Waals surface area contributed by atoms with Gasteiger partial charge in [-0.25, -0.2) is 12.7 Å². The Balaban J connectivity index is 1.91. The minimum Gasteiger partial charge on any atom is -0.486 e. The molecule has 0 fully saturated rings. The Kier molecular flexibility index (Phi) is 5.53. The van der Waals surface area contributed by atoms with Crippen LogP contribution in [0.2, 0.25) is 10.0 Å². The number of anilines is 1. The van der Waals surface area contributed by atoms with E-state index in [-0.39, 0.29) is 20.5 Å². The Morgan fingerprint density at radius 1 is 1.04 bits per heavy atom. The molecule has 0 aromatic heterocycles. The van der Waals surface area contributed by atoms with Gasteiger partial charge in [0.1, 0.15) is 18.1 Å². The number of fused-ring (bicyclic) bond motifs is 1. The van der Waals surface area contributed by atoms with Crippen molar-refractivity contribution in [1.82, 2.24) is 4.31 Å². The highest BCUT2D eigenvalue weighted by molar-refractivity contribution is 7.89. The maximum atomic E-state index is 12.6. The van der Waals surface area contributed by atoms with Gasteiger partial charge in [-0.1, -0.05) is 23.2 Å². The second-order valence-corrected chi connectivity index (χ2v) is 8.80. The van der Waals surface area contributed by atoms with Crippen LogP contribution in [-0.4, -0.2) is 45.9 Å². The van der Waals surface area contributed by atoms with Crippen LogP contribution < -0.4 is 14.8 Å². The molecule has 144 valence electrons. The molecule has 1 aliphatic rings. The Labute approximate surface area is 166 Å². The number of amides is 1. The maximum Gasteiger partial charge on any atom is 0.255 e. The van der Waals surface area contributed by atoms with E-state index in [4.69, 9.17) is 32.7 Å². The van der Waals surface area contributed by atoms with Crippen LogP contribution in [0.25, 0.3) is 0 Å². The first-order valence-corrected chi connectivity index (χ1v) is 10.0. The van der Waals surface area contributed by atoms with Crippen molar-refractivity contribution >= 4 is 44.8 Å². The van der Waals surface area contributed by atoms with Crippen LogP contribution in [0, 0.1) is 0 Å². The minimum absolute atomic E-state index is 0.0256. The summed E-state index contributed by atoms with van der Waals surface area (Å²) < 4.78 is 36.6. The highest BCUT2D eigenvalue weighted by Crippen LogP contribution is 2.38. The molecule has 0 bridgehead atoms. The third-order valence-electron chi connectivity index (χ3n) is 3.83. The predicted molar refractivity (Wildman–Crippen MR) is 103 cm³/mol. The van der Waals surface area contributed by atoms with Gasteiger partial charge in [0.05, 0.1) is 15.7 Å². The summed E-state index contributed by atoms with van der Waals surface area (Å²) in [7, 11) is -1.03. The van der Waals surface area contributed by atoms with E-state index in [1.165, 1.54) is 32.3 Å². The molecule has 7 nitrogen and oxygen atoms in total. The van der Waals surface area contributed by atoms with Crippen LogP contribution in [0.5, 0.6) is 11.5 Å². The van der Waals surface area contributed by atoms with Crippen molar-refractivity contribution in [3.8, 4) is 11.5 Å². The van der Waals surface area contributed by atoms with Crippen molar-refractivity contribution in [3.63, 3.8) is 0 Å². The first-order valence-electron chi connectivity index (χ1n) is 7.82. The lowest BCUT2D eigenvalue weighted by Crippen LogP contribution is -2.23. The molecule has 2 aromatic rings. The highest BCUT2D eigenvalue weighted by atomic mass is 35.5. The number of ether oxygens (including phenoxy) is 2. The monoisotopic (exact) mass is 430 g/mol. The van der Waals surface area contributed by atoms with Gasteiger partial charge < -0.3 is 14.8 Å². The summed E-state index contributed by atoms with van der Waals surface area (Å²) in [6.07, 6.45) is 0. The zero-order valence-electron chi connectivity index (χ0n) is 14.5. The minimum atomic E-state index is -3.80. The van der Waals surface area contributed by atoms with Gasteiger partial charge in [0.2, 0.25) is 10.0 Å². The second-order valence-electron chi connectivity index (χ2n) is 5.86. The van der Waals surface area contributed by atoms with E-state index in [0.717, 1.165) is 4.31 Å². The largest absolute Gasteiger partial charge is 0.486 e. The molecular formula is C17H16Cl2N2O5S. The molecule has 1 N–H and O–H groups in total. The van der Waals surface area contributed by atoms with Crippen molar-refractivity contribution in [2.24, 2.45) is 0 Å². The normalized spacial score (nSPS) is 13.5. The van der Waals surface area contributed by atoms with Crippen molar-refractivity contribution in [3.05, 3.63) is 45.9 Å². The Morgan fingerprint density at radius 2 is 1.67 bits per heavy atom. The van der Waals surface area contributed by atoms with E-state index in [0.29, 0.717) is 30.4 Å². The third kappa shape index (κ3) is 3.98. The molecule has 0 saturated heterocycles. The van der Waals surface area contributed by atoms with Gasteiger partial charge in [-0.3, -0.25) is 4.79 Å². The number of carbonyl (C=O) groups excluding carboxylic acids is 1. The molecule has 0 spiro atoms. The number of rotatable bonds is 4. The summed E-state index contributed by atoms with van der Waals surface area (Å²) in [5.74, 6) is 0.420. The fourth-order valence-electron chi connectivity index (χ4n) is 2.39. The molecule has 2 aromatic carbocycles. The molecule has 27 heavy (non-hydrogen) atoms. The number of nitrogens with one attached hydrogen (secondary N) is 1. The molecule has 0 atom stereocenters. The number of sulfonamides is 1. The van der Waals surface area contributed by atoms with E-state index in [1.807, 2.05) is 0 Å². The van der Waals surface area contributed by atoms with Gasteiger partial charge in [0.25, 0.3) is 5.91 Å². The fourth-order valence-corrected chi connectivity index (χ4v) is 3.99. The molecule has 0 radical (unpaired) electrons. The van der Waals surface area contributed by atoms with Crippen molar-refractivity contribution in [1.29, 1.82) is 0 Å². The molecule has 0 saturated carbocycles. The topological polar surface area (TPSA) is 84.9 Å². The fraction of sp³-hybridized carbons (Fsp3) is 0.235. The number of hydrogen-bond donors (Lipinski definition) is 1. The van der Waals surface area contributed by atoms with Gasteiger partial charge >= 0.3 is 0 Å². The zero-order chi connectivity index (χ0) is 19.8. The van der Waals surface area contributed by atoms with Crippen molar-refractivity contribution in [2.75, 3.05) is 32.6 Å². The number of hydrogen-bond acceptors (Lipinski definition) is 5. The van der Waals surface area contributed by atoms with Crippen LogP contribution in [0.3, 0.4) is 0 Å². The summed E-state index contributed by atoms with van der Waals surface area (Å²) >= 11 is 12.2. The summed E-state index contributed by atoms with van der Waals surface area (Å²) in [6, 6.07) is 7.12. The maximum absolute atomic E-state index is 12.6. The number of halogens is 2. The average Bonchev–Trinajstić information content (AvgIpc) is 2.62. The number of benzene rings is 2. The van der Waals surface area contributed by atoms with Crippen molar-refractivity contribution < 1.29 is 22.7 Å². The van der Waals surface area contributed by atoms with E-state index in [9.17, 15) is 13.2 Å². The molecule has 10 heteroatoms. The van der Waals surface area contributed by atoms with Gasteiger partial charge in [-0.2, -0.15) is 0 Å². The van der Waals surface area contributed by atoms with Crippen LogP contribution >= 0.6 is 23.2 Å². The molecule has 1 amide bonds. The predicted octanol–water partition coefficient (Wildman–Crippen LogP) is 3.27. The first kappa shape index (κ1) is 19.8. The summed E-state index contributed by atoms with van der Waals surface area (Å²) in [5.41, 5.74) is 0.434. The summed E-state index contributed by atoms with van der Waals surface area (Å²) in [5, 5.41) is 2.94. The smallest absolute Gasteiger partial charge is 0.255 e. The quantitative estimate of drug-likeness (QED) is 0.804. The highest BCUT2D eigenvalue weighted by Gasteiger charge is 2.23. The molecule has 3 rings (SSSR count). The molecule has 0 aliphatic carbocycles. The zero-order valence-corrected chi connectivity index (χ0v) is 16.8. The van der Waals surface area contributed by atoms with Crippen molar-refractivity contribution in [2.45, 2.75) is 4.90 Å². The van der Waals surface area contributed by atoms with Crippen LogP contribution in [0.4, 0.5) is 5.69 Å². The first-order chi connectivity index (χ1) is 12.7. The average molecular weight is 431 g/mol. The van der Waals surface area contributed by atoms with Crippen LogP contribution in [-0.2, 0) is 10.0 Å². The van der Waals surface area contributed by atoms with E-state index >= 15 is 0 Å². The van der Waals surface area contributed by atoms with Gasteiger partial charge in [0, 0.05) is 31.8 Å². The van der Waals surface area contributed by atoms with Gasteiger partial charge in [0.15, 0.2) is 11.5 Å². The Morgan fingerprint density at radius 3 is 2.30 bits per heavy atom. The van der Waals surface area contributed by atoms with E-state index < -0.39 is 15.9 Å². The lowest BCUT2D eigenvalue weighted by atomic mass is 10.2. The Hall–Kier alpha value is -2.00. The van der Waals surface area contributed by atoms with Crippen LogP contribution in [0.15, 0.2) is 35.2 Å². The molecule has 0 unspecified atom stereocenters. The molecule has 1 aliphatic heterocycles. The van der Waals surface area contributed by atoms with Gasteiger partial charge in [-0.15, -0.1) is 0 Å². The van der Waals surface area contributed by atoms with E-state index in [2.05, 4.69) is 5.32 Å². The molecule has 1 heterocycles.